The molecule has 0 aliphatic carbocycles. The molecule has 3 N–H and O–H groups in total. The van der Waals surface area contributed by atoms with Crippen molar-refractivity contribution in [2.45, 2.75) is 12.5 Å². The van der Waals surface area contributed by atoms with E-state index in [9.17, 15) is 9.18 Å². The van der Waals surface area contributed by atoms with Crippen molar-refractivity contribution < 1.29 is 34.3 Å². The zero-order valence-electron chi connectivity index (χ0n) is 14.2. The van der Waals surface area contributed by atoms with Gasteiger partial charge < -0.3 is 15.8 Å². The number of hydrogen-bond donors (Lipinski definition) is 2. The van der Waals surface area contributed by atoms with Gasteiger partial charge in [-0.1, -0.05) is 6.92 Å². The summed E-state index contributed by atoms with van der Waals surface area (Å²) < 4.78 is 19.6. The van der Waals surface area contributed by atoms with Gasteiger partial charge in [-0.25, -0.2) is 9.37 Å². The summed E-state index contributed by atoms with van der Waals surface area (Å²) >= 11 is 0. The third-order valence-corrected chi connectivity index (χ3v) is 3.81. The zero-order valence-corrected chi connectivity index (χ0v) is 17.0. The average Bonchev–Trinajstić information content (AvgIpc) is 2.63. The van der Waals surface area contributed by atoms with Crippen LogP contribution in [0.15, 0.2) is 41.5 Å². The fourth-order valence-corrected chi connectivity index (χ4v) is 2.55. The Morgan fingerprint density at radius 2 is 2.22 bits per heavy atom. The molecule has 1 radical (unpaired) electrons. The maximum absolute atomic E-state index is 14.3. The van der Waals surface area contributed by atoms with Gasteiger partial charge in [0.25, 0.3) is 5.91 Å². The number of nitrogens with one attached hydrogen (secondary N) is 1. The molecule has 1 atom stereocenters. The number of rotatable bonds is 3. The molecule has 2 heterocycles. The molecule has 1 aliphatic heterocycles. The molecule has 1 aromatic heterocycles. The molecule has 3 rings (SSSR count). The number of carbonyl (C=O) groups is 1. The van der Waals surface area contributed by atoms with Gasteiger partial charge in [0.1, 0.15) is 23.4 Å². The zero-order chi connectivity index (χ0) is 18.7. The van der Waals surface area contributed by atoms with Crippen LogP contribution in [-0.2, 0) is 30.7 Å². The molecule has 0 spiro atoms. The second kappa shape index (κ2) is 8.36. The summed E-state index contributed by atoms with van der Waals surface area (Å²) in [5.41, 5.74) is 5.67. The molecular formula is C18H15FN5O2Re-. The third-order valence-electron chi connectivity index (χ3n) is 3.81. The minimum Gasteiger partial charge on any atom is -0.544 e. The first-order valence-electron chi connectivity index (χ1n) is 7.69. The van der Waals surface area contributed by atoms with Crippen LogP contribution in [0.4, 0.5) is 10.1 Å². The van der Waals surface area contributed by atoms with Crippen molar-refractivity contribution in [3.8, 4) is 6.07 Å². The van der Waals surface area contributed by atoms with E-state index in [0.717, 1.165) is 0 Å². The van der Waals surface area contributed by atoms with Crippen molar-refractivity contribution in [1.82, 2.24) is 4.98 Å². The van der Waals surface area contributed by atoms with Crippen LogP contribution in [0.2, 0.25) is 0 Å². The molecule has 1 aliphatic rings. The number of carbonyl (C=O) groups excluding carboxylic acids is 1. The average molecular weight is 539 g/mol. The number of ether oxygens (including phenoxy) is 1. The maximum atomic E-state index is 14.3. The Morgan fingerprint density at radius 3 is 2.85 bits per heavy atom. The van der Waals surface area contributed by atoms with E-state index in [2.05, 4.69) is 15.3 Å². The largest absolute Gasteiger partial charge is 0.544 e. The van der Waals surface area contributed by atoms with Gasteiger partial charge in [0, 0.05) is 32.3 Å². The first kappa shape index (κ1) is 20.7. The molecule has 2 aromatic rings. The molecule has 0 saturated heterocycles. The number of nitrogens with zero attached hydrogens (tertiary/aromatic N) is 3. The molecular weight excluding hydrogens is 523 g/mol. The van der Waals surface area contributed by atoms with Crippen LogP contribution in [0, 0.1) is 23.8 Å². The quantitative estimate of drug-likeness (QED) is 0.582. The molecule has 7 nitrogen and oxygen atoms in total. The minimum absolute atomic E-state index is 0. The van der Waals surface area contributed by atoms with Gasteiger partial charge in [-0.3, -0.25) is 9.79 Å². The molecule has 9 heteroatoms. The Hall–Kier alpha value is -2.65. The van der Waals surface area contributed by atoms with Gasteiger partial charge >= 0.3 is 0 Å². The Balaban J connectivity index is 0.00000261. The first-order chi connectivity index (χ1) is 12.4. The third kappa shape index (κ3) is 4.55. The van der Waals surface area contributed by atoms with E-state index >= 15 is 0 Å². The summed E-state index contributed by atoms with van der Waals surface area (Å²) in [5.74, 6) is -0.727. The van der Waals surface area contributed by atoms with Gasteiger partial charge in [0.15, 0.2) is 0 Å². The van der Waals surface area contributed by atoms with E-state index in [1.807, 2.05) is 6.07 Å². The molecule has 1 amide bonds. The number of anilines is 1. The van der Waals surface area contributed by atoms with Crippen molar-refractivity contribution in [3.63, 3.8) is 0 Å². The standard InChI is InChI=1S/C18H15FN5O2.Re/c1-18(10-26-9-16(21)24-18)13-6-12(3-4-14(13)19)23-17(25)15-5-2-11(7-20)8-22-15;/h2-6,8,10H,9H2,1H3,(H2,21,24)(H,23,25);/q-1;. The molecule has 0 bridgehead atoms. The van der Waals surface area contributed by atoms with Gasteiger partial charge in [-0.15, -0.1) is 0 Å². The summed E-state index contributed by atoms with van der Waals surface area (Å²) in [4.78, 5) is 20.5. The predicted molar refractivity (Wildman–Crippen MR) is 92.5 cm³/mol. The van der Waals surface area contributed by atoms with Crippen LogP contribution in [0.25, 0.3) is 0 Å². The van der Waals surface area contributed by atoms with Crippen molar-refractivity contribution in [1.29, 1.82) is 5.26 Å². The normalized spacial score (nSPS) is 18.6. The topological polar surface area (TPSA) is 113 Å². The van der Waals surface area contributed by atoms with E-state index in [1.54, 1.807) is 6.92 Å². The van der Waals surface area contributed by atoms with E-state index in [0.29, 0.717) is 11.3 Å². The number of benzene rings is 1. The molecule has 139 valence electrons. The van der Waals surface area contributed by atoms with Gasteiger partial charge in [-0.2, -0.15) is 11.9 Å². The minimum atomic E-state index is -1.10. The second-order valence-corrected chi connectivity index (χ2v) is 5.87. The predicted octanol–water partition coefficient (Wildman–Crippen LogP) is 2.11. The molecule has 1 aromatic carbocycles. The summed E-state index contributed by atoms with van der Waals surface area (Å²) in [7, 11) is 0. The Bertz CT molecular complexity index is 926. The first-order valence-corrected chi connectivity index (χ1v) is 7.69. The van der Waals surface area contributed by atoms with Gasteiger partial charge in [-0.05, 0) is 41.4 Å². The van der Waals surface area contributed by atoms with Crippen LogP contribution in [-0.4, -0.2) is 23.3 Å². The van der Waals surface area contributed by atoms with Gasteiger partial charge in [0.2, 0.25) is 0 Å². The summed E-state index contributed by atoms with van der Waals surface area (Å²) in [6.45, 7) is 3.22. The maximum Gasteiger partial charge on any atom is 0.274 e. The number of amidine groups is 1. The van der Waals surface area contributed by atoms with Crippen molar-refractivity contribution in [2.75, 3.05) is 11.9 Å². The Kier molecular flexibility index (Phi) is 6.40. The number of aliphatic imine (C=N–C) groups is 1. The van der Waals surface area contributed by atoms with E-state index in [4.69, 9.17) is 15.7 Å². The van der Waals surface area contributed by atoms with Crippen LogP contribution < -0.4 is 11.1 Å². The fourth-order valence-electron chi connectivity index (χ4n) is 2.55. The van der Waals surface area contributed by atoms with Crippen LogP contribution in [0.5, 0.6) is 0 Å². The Labute approximate surface area is 169 Å². The number of hydrogen-bond acceptors (Lipinski definition) is 6. The second-order valence-electron chi connectivity index (χ2n) is 5.87. The number of nitrogens with two attached hydrogens (primary N) is 1. The number of pyridine rings is 1. The number of aromatic nitrogens is 1. The van der Waals surface area contributed by atoms with E-state index in [1.165, 1.54) is 43.1 Å². The van der Waals surface area contributed by atoms with E-state index < -0.39 is 17.3 Å². The SMILES string of the molecule is CC1(c2cc(NC(=O)c3ccc(C#N)cn3)ccc2F)[CH-]OCC(N)=N1.[Re]. The molecule has 0 fully saturated rings. The molecule has 1 unspecified atom stereocenters. The molecule has 27 heavy (non-hydrogen) atoms. The summed E-state index contributed by atoms with van der Waals surface area (Å²) in [6, 6.07) is 8.99. The van der Waals surface area contributed by atoms with Crippen molar-refractivity contribution in [2.24, 2.45) is 10.7 Å². The number of nitriles is 1. The molecule has 0 saturated carbocycles. The van der Waals surface area contributed by atoms with Gasteiger partial charge in [0.05, 0.1) is 12.2 Å². The van der Waals surface area contributed by atoms with E-state index in [-0.39, 0.29) is 44.1 Å². The van der Waals surface area contributed by atoms with Crippen molar-refractivity contribution >= 4 is 17.4 Å². The van der Waals surface area contributed by atoms with Crippen LogP contribution in [0.3, 0.4) is 0 Å². The van der Waals surface area contributed by atoms with Crippen LogP contribution in [0.1, 0.15) is 28.5 Å². The number of amides is 1. The Morgan fingerprint density at radius 1 is 1.44 bits per heavy atom. The number of halogens is 1. The smallest absolute Gasteiger partial charge is 0.274 e. The van der Waals surface area contributed by atoms with Crippen molar-refractivity contribution in [3.05, 3.63) is 65.8 Å². The summed E-state index contributed by atoms with van der Waals surface area (Å²) in [5, 5.41) is 11.4. The van der Waals surface area contributed by atoms with Crippen LogP contribution >= 0.6 is 0 Å². The monoisotopic (exact) mass is 539 g/mol. The fraction of sp³-hybridized carbons (Fsp3) is 0.167. The summed E-state index contributed by atoms with van der Waals surface area (Å²) in [6.07, 6.45) is 1.30.